The molecule has 0 N–H and O–H groups in total. The molecule has 5 aromatic rings. The molecule has 0 aliphatic carbocycles. The molecular weight excluding hydrogens is 300 g/mol. The smallest absolute Gasteiger partial charge is 0.312 e. The summed E-state index contributed by atoms with van der Waals surface area (Å²) in [6.07, 6.45) is 4.13. The van der Waals surface area contributed by atoms with Gasteiger partial charge < -0.3 is 4.74 Å². The van der Waals surface area contributed by atoms with E-state index in [1.54, 1.807) is 7.11 Å². The molecule has 5 rings (SSSR count). The Morgan fingerprint density at radius 2 is 1.92 bits per heavy atom. The van der Waals surface area contributed by atoms with Crippen LogP contribution in [0.4, 0.5) is 0 Å². The molecule has 3 heterocycles. The van der Waals surface area contributed by atoms with E-state index in [4.69, 9.17) is 9.72 Å². The van der Waals surface area contributed by atoms with Gasteiger partial charge in [0.15, 0.2) is 0 Å². The molecule has 0 radical (unpaired) electrons. The van der Waals surface area contributed by atoms with Gasteiger partial charge in [0.1, 0.15) is 18.1 Å². The molecule has 118 valence electrons. The number of ether oxygens (including phenoxy) is 1. The van der Waals surface area contributed by atoms with Crippen molar-refractivity contribution in [2.24, 2.45) is 7.05 Å². The molecule has 0 aliphatic rings. The van der Waals surface area contributed by atoms with Crippen LogP contribution in [0.15, 0.2) is 48.8 Å². The molecule has 0 atom stereocenters. The number of imidazole rings is 2. The quantitative estimate of drug-likeness (QED) is 0.445. The zero-order valence-corrected chi connectivity index (χ0v) is 13.8. The lowest BCUT2D eigenvalue weighted by atomic mass is 10.1. The van der Waals surface area contributed by atoms with Gasteiger partial charge >= 0.3 is 5.78 Å². The van der Waals surface area contributed by atoms with E-state index < -0.39 is 0 Å². The zero-order valence-electron chi connectivity index (χ0n) is 13.8. The van der Waals surface area contributed by atoms with E-state index >= 15 is 0 Å². The summed E-state index contributed by atoms with van der Waals surface area (Å²) < 4.78 is 12.1. The average molecular weight is 317 g/mol. The Morgan fingerprint density at radius 3 is 2.75 bits per heavy atom. The number of para-hydroxylation sites is 2. The van der Waals surface area contributed by atoms with Crippen LogP contribution in [-0.4, -0.2) is 20.9 Å². The van der Waals surface area contributed by atoms with Crippen LogP contribution in [0.1, 0.15) is 5.56 Å². The number of nitrogens with zero attached hydrogens (tertiary/aromatic N) is 4. The van der Waals surface area contributed by atoms with Crippen molar-refractivity contribution in [3.8, 4) is 5.75 Å². The molecule has 0 unspecified atom stereocenters. The van der Waals surface area contributed by atoms with Gasteiger partial charge in [-0.15, -0.1) is 0 Å². The van der Waals surface area contributed by atoms with Crippen LogP contribution in [0.2, 0.25) is 0 Å². The Hall–Kier alpha value is -3.08. The molecule has 0 spiro atoms. The highest BCUT2D eigenvalue weighted by atomic mass is 16.5. The number of aromatic nitrogens is 4. The molecule has 0 saturated carbocycles. The van der Waals surface area contributed by atoms with Gasteiger partial charge in [-0.05, 0) is 31.2 Å². The Kier molecular flexibility index (Phi) is 2.49. The molecule has 0 aliphatic heterocycles. The fourth-order valence-corrected chi connectivity index (χ4v) is 3.72. The summed E-state index contributed by atoms with van der Waals surface area (Å²) in [7, 11) is 3.78. The number of aryl methyl sites for hydroxylation is 2. The largest absolute Gasteiger partial charge is 0.496 e. The van der Waals surface area contributed by atoms with E-state index in [-0.39, 0.29) is 0 Å². The Morgan fingerprint density at radius 1 is 1.08 bits per heavy atom. The topological polar surface area (TPSA) is 34.8 Å². The third-order valence-electron chi connectivity index (χ3n) is 4.84. The highest BCUT2D eigenvalue weighted by Crippen LogP contribution is 2.32. The molecule has 0 amide bonds. The van der Waals surface area contributed by atoms with Gasteiger partial charge in [0.2, 0.25) is 0 Å². The van der Waals surface area contributed by atoms with Crippen molar-refractivity contribution in [3.63, 3.8) is 0 Å². The van der Waals surface area contributed by atoms with E-state index in [0.717, 1.165) is 39.3 Å². The van der Waals surface area contributed by atoms with Gasteiger partial charge in [0.25, 0.3) is 5.65 Å². The molecule has 24 heavy (non-hydrogen) atoms. The normalized spacial score (nSPS) is 12.0. The first-order chi connectivity index (χ1) is 11.7. The highest BCUT2D eigenvalue weighted by molar-refractivity contribution is 5.99. The molecule has 2 aromatic carbocycles. The van der Waals surface area contributed by atoms with Crippen molar-refractivity contribution < 1.29 is 9.30 Å². The first-order valence-electron chi connectivity index (χ1n) is 7.94. The number of methoxy groups -OCH3 is 1. The van der Waals surface area contributed by atoms with Crippen molar-refractivity contribution >= 4 is 33.4 Å². The lowest BCUT2D eigenvalue weighted by Crippen LogP contribution is -2.26. The lowest BCUT2D eigenvalue weighted by molar-refractivity contribution is -0.643. The van der Waals surface area contributed by atoms with Crippen LogP contribution in [-0.2, 0) is 7.05 Å². The van der Waals surface area contributed by atoms with Crippen LogP contribution in [0.5, 0.6) is 5.75 Å². The minimum Gasteiger partial charge on any atom is -0.496 e. The second-order valence-corrected chi connectivity index (χ2v) is 6.13. The minimum absolute atomic E-state index is 0.898. The summed E-state index contributed by atoms with van der Waals surface area (Å²) >= 11 is 0. The van der Waals surface area contributed by atoms with Crippen molar-refractivity contribution in [2.75, 3.05) is 7.11 Å². The van der Waals surface area contributed by atoms with Gasteiger partial charge in [0.05, 0.1) is 36.1 Å². The summed E-state index contributed by atoms with van der Waals surface area (Å²) in [6.45, 7) is 2.11. The maximum Gasteiger partial charge on any atom is 0.312 e. The Labute approximate surface area is 138 Å². The van der Waals surface area contributed by atoms with Crippen LogP contribution in [0.25, 0.3) is 33.4 Å². The van der Waals surface area contributed by atoms with E-state index in [1.807, 2.05) is 12.1 Å². The number of rotatable bonds is 1. The molecule has 5 heteroatoms. The maximum absolute atomic E-state index is 5.56. The van der Waals surface area contributed by atoms with Crippen molar-refractivity contribution in [2.45, 2.75) is 6.92 Å². The van der Waals surface area contributed by atoms with Gasteiger partial charge in [-0.1, -0.05) is 12.1 Å². The number of fused-ring (bicyclic) bond motifs is 8. The predicted octanol–water partition coefficient (Wildman–Crippen LogP) is 3.03. The summed E-state index contributed by atoms with van der Waals surface area (Å²) in [5.41, 5.74) is 5.49. The highest BCUT2D eigenvalue weighted by Gasteiger charge is 2.23. The molecule has 3 aromatic heterocycles. The predicted molar refractivity (Wildman–Crippen MR) is 93.6 cm³/mol. The molecule has 0 fully saturated rings. The first kappa shape index (κ1) is 13.4. The van der Waals surface area contributed by atoms with Crippen LogP contribution < -0.4 is 9.30 Å². The summed E-state index contributed by atoms with van der Waals surface area (Å²) in [6, 6.07) is 12.4. The fourth-order valence-electron chi connectivity index (χ4n) is 3.72. The second kappa shape index (κ2) is 4.47. The second-order valence-electron chi connectivity index (χ2n) is 6.13. The van der Waals surface area contributed by atoms with E-state index in [2.05, 4.69) is 64.0 Å². The standard InChI is InChI=1S/C19H17N4O/c1-12-16(24-3)9-8-15-17(12)18-21(2)10-11-22(18)19-20-13-6-4-5-7-14(13)23(15)19/h4-11H,1-3H3/q+1. The van der Waals surface area contributed by atoms with E-state index in [1.165, 1.54) is 5.39 Å². The van der Waals surface area contributed by atoms with Crippen LogP contribution in [0.3, 0.4) is 0 Å². The minimum atomic E-state index is 0.898. The monoisotopic (exact) mass is 317 g/mol. The third-order valence-corrected chi connectivity index (χ3v) is 4.84. The molecule has 0 saturated heterocycles. The average Bonchev–Trinajstić information content (AvgIpc) is 3.16. The lowest BCUT2D eigenvalue weighted by Gasteiger charge is -2.10. The van der Waals surface area contributed by atoms with Gasteiger partial charge in [-0.2, -0.15) is 9.38 Å². The summed E-state index contributed by atoms with van der Waals surface area (Å²) in [5, 5.41) is 1.18. The zero-order chi connectivity index (χ0) is 16.4. The van der Waals surface area contributed by atoms with E-state index in [0.29, 0.717) is 0 Å². The Balaban J connectivity index is 2.20. The van der Waals surface area contributed by atoms with Crippen molar-refractivity contribution in [1.82, 2.24) is 13.8 Å². The molecule has 5 nitrogen and oxygen atoms in total. The van der Waals surface area contributed by atoms with Gasteiger partial charge in [0, 0.05) is 5.56 Å². The number of hydrogen-bond donors (Lipinski definition) is 0. The maximum atomic E-state index is 5.56. The van der Waals surface area contributed by atoms with Crippen LogP contribution >= 0.6 is 0 Å². The SMILES string of the molecule is COc1ccc2c(c1C)c1n(cc[n+]1C)c1nc3ccccc3n21. The van der Waals surface area contributed by atoms with Gasteiger partial charge in [-0.3, -0.25) is 4.40 Å². The van der Waals surface area contributed by atoms with Crippen LogP contribution in [0, 0.1) is 6.92 Å². The molecule has 0 bridgehead atoms. The third kappa shape index (κ3) is 1.49. The van der Waals surface area contributed by atoms with Crippen molar-refractivity contribution in [3.05, 3.63) is 54.4 Å². The number of benzene rings is 2. The van der Waals surface area contributed by atoms with E-state index in [9.17, 15) is 0 Å². The summed E-state index contributed by atoms with van der Waals surface area (Å²) in [4.78, 5) is 4.86. The Bertz CT molecular complexity index is 1260. The first-order valence-corrected chi connectivity index (χ1v) is 7.94. The number of hydrogen-bond acceptors (Lipinski definition) is 2. The van der Waals surface area contributed by atoms with Gasteiger partial charge in [-0.25, -0.2) is 4.57 Å². The summed E-state index contributed by atoms with van der Waals surface area (Å²) in [5.74, 6) is 1.82. The van der Waals surface area contributed by atoms with Crippen molar-refractivity contribution in [1.29, 1.82) is 0 Å². The molecular formula is C19H17N4O+. The fraction of sp³-hybridized carbons (Fsp3) is 0.158.